The fourth-order valence-electron chi connectivity index (χ4n) is 9.23. The lowest BCUT2D eigenvalue weighted by Gasteiger charge is -2.13. The average Bonchev–Trinajstić information content (AvgIpc) is 4.00. The molecule has 13 aromatic rings. The Bertz CT molecular complexity index is 3880. The van der Waals surface area contributed by atoms with Crippen LogP contribution in [-0.4, -0.2) is 19.5 Å². The third-order valence-electron chi connectivity index (χ3n) is 12.0. The Morgan fingerprint density at radius 2 is 1.02 bits per heavy atom. The van der Waals surface area contributed by atoms with Crippen molar-refractivity contribution in [3.8, 4) is 51.0 Å². The first-order valence-electron chi connectivity index (χ1n) is 20.4. The van der Waals surface area contributed by atoms with Crippen LogP contribution in [0.4, 0.5) is 0 Å². The minimum Gasteiger partial charge on any atom is -0.456 e. The maximum absolute atomic E-state index is 6.74. The van der Waals surface area contributed by atoms with Gasteiger partial charge in [-0.25, -0.2) is 15.0 Å². The first-order valence-corrected chi connectivity index (χ1v) is 21.2. The van der Waals surface area contributed by atoms with Gasteiger partial charge in [0.1, 0.15) is 11.2 Å². The van der Waals surface area contributed by atoms with Gasteiger partial charge in [0.25, 0.3) is 0 Å². The Morgan fingerprint density at radius 1 is 0.377 bits per heavy atom. The van der Waals surface area contributed by atoms with E-state index >= 15 is 0 Å². The molecule has 0 N–H and O–H groups in total. The van der Waals surface area contributed by atoms with E-state index in [2.05, 4.69) is 180 Å². The van der Waals surface area contributed by atoms with Gasteiger partial charge in [-0.1, -0.05) is 146 Å². The highest BCUT2D eigenvalue weighted by Gasteiger charge is 2.23. The third kappa shape index (κ3) is 5.36. The van der Waals surface area contributed by atoms with Gasteiger partial charge < -0.3 is 8.98 Å². The summed E-state index contributed by atoms with van der Waals surface area (Å²) in [4.78, 5) is 16.1. The first kappa shape index (κ1) is 34.0. The van der Waals surface area contributed by atoms with E-state index in [1.165, 1.54) is 36.3 Å². The van der Waals surface area contributed by atoms with Gasteiger partial charge in [0.15, 0.2) is 17.5 Å². The van der Waals surface area contributed by atoms with Crippen molar-refractivity contribution < 1.29 is 4.42 Å². The van der Waals surface area contributed by atoms with Crippen molar-refractivity contribution in [2.45, 2.75) is 0 Å². The summed E-state index contributed by atoms with van der Waals surface area (Å²) in [6.07, 6.45) is 0. The van der Waals surface area contributed by atoms with E-state index in [4.69, 9.17) is 19.4 Å². The number of para-hydroxylation sites is 2. The second-order valence-corrected chi connectivity index (χ2v) is 16.6. The fourth-order valence-corrected chi connectivity index (χ4v) is 10.4. The molecule has 0 bridgehead atoms. The largest absolute Gasteiger partial charge is 0.456 e. The molecule has 0 unspecified atom stereocenters. The molecule has 0 spiro atoms. The SMILES string of the molecule is c1ccc(-c2ccc(-c3nc(-c4cc(-n5c6ccccc6c6cc7ccccc7cc65)cc5oc6ccccc6c45)nc(-c4cccc5sc6ccccc6c45)n3)cc2)cc1. The van der Waals surface area contributed by atoms with E-state index < -0.39 is 0 Å². The summed E-state index contributed by atoms with van der Waals surface area (Å²) in [5.41, 5.74) is 9.81. The van der Waals surface area contributed by atoms with E-state index in [9.17, 15) is 0 Å². The summed E-state index contributed by atoms with van der Waals surface area (Å²) in [5.74, 6) is 1.80. The van der Waals surface area contributed by atoms with Gasteiger partial charge in [-0.2, -0.15) is 0 Å². The molecule has 0 amide bonds. The number of hydrogen-bond acceptors (Lipinski definition) is 5. The molecule has 0 radical (unpaired) electrons. The van der Waals surface area contributed by atoms with Gasteiger partial charge in [0.05, 0.1) is 16.7 Å². The Kier molecular flexibility index (Phi) is 7.41. The number of benzene rings is 9. The van der Waals surface area contributed by atoms with Crippen molar-refractivity contribution in [1.82, 2.24) is 19.5 Å². The molecule has 9 aromatic carbocycles. The molecule has 5 nitrogen and oxygen atoms in total. The minimum absolute atomic E-state index is 0.577. The lowest BCUT2D eigenvalue weighted by atomic mass is 10.0. The topological polar surface area (TPSA) is 56.7 Å². The predicted octanol–water partition coefficient (Wildman–Crippen LogP) is 15.1. The molecule has 0 atom stereocenters. The first-order chi connectivity index (χ1) is 30.2. The molecule has 0 aliphatic carbocycles. The van der Waals surface area contributed by atoms with E-state index in [1.807, 2.05) is 18.2 Å². The number of hydrogen-bond donors (Lipinski definition) is 0. The molecular formula is C55H32N4OS. The Morgan fingerprint density at radius 3 is 1.87 bits per heavy atom. The summed E-state index contributed by atoms with van der Waals surface area (Å²) in [5, 5.41) is 9.09. The zero-order valence-corrected chi connectivity index (χ0v) is 33.4. The van der Waals surface area contributed by atoms with Crippen molar-refractivity contribution in [2.75, 3.05) is 0 Å². The second kappa shape index (κ2) is 13.3. The molecule has 0 saturated carbocycles. The lowest BCUT2D eigenvalue weighted by molar-refractivity contribution is 0.668. The van der Waals surface area contributed by atoms with Gasteiger partial charge >= 0.3 is 0 Å². The maximum Gasteiger partial charge on any atom is 0.164 e. The minimum atomic E-state index is 0.577. The summed E-state index contributed by atoms with van der Waals surface area (Å²) >= 11 is 1.79. The molecule has 0 saturated heterocycles. The number of thiophene rings is 1. The monoisotopic (exact) mass is 796 g/mol. The van der Waals surface area contributed by atoms with Gasteiger partial charge in [0.2, 0.25) is 0 Å². The quantitative estimate of drug-likeness (QED) is 0.174. The lowest BCUT2D eigenvalue weighted by Crippen LogP contribution is -2.02. The Labute approximate surface area is 353 Å². The van der Waals surface area contributed by atoms with Crippen LogP contribution in [0.25, 0.3) is 126 Å². The van der Waals surface area contributed by atoms with Crippen LogP contribution in [0.2, 0.25) is 0 Å². The van der Waals surface area contributed by atoms with Crippen molar-refractivity contribution in [1.29, 1.82) is 0 Å². The molecule has 0 fully saturated rings. The van der Waals surface area contributed by atoms with Crippen LogP contribution in [0.1, 0.15) is 0 Å². The number of nitrogens with zero attached hydrogens (tertiary/aromatic N) is 4. The van der Waals surface area contributed by atoms with Crippen LogP contribution in [0.5, 0.6) is 0 Å². The number of aromatic nitrogens is 4. The number of fused-ring (bicyclic) bond motifs is 10. The summed E-state index contributed by atoms with van der Waals surface area (Å²) in [6, 6.07) is 68.5. The molecular weight excluding hydrogens is 765 g/mol. The summed E-state index contributed by atoms with van der Waals surface area (Å²) in [6.45, 7) is 0. The smallest absolute Gasteiger partial charge is 0.164 e. The highest BCUT2D eigenvalue weighted by molar-refractivity contribution is 7.25. The molecule has 0 aliphatic heterocycles. The predicted molar refractivity (Wildman–Crippen MR) is 254 cm³/mol. The maximum atomic E-state index is 6.74. The van der Waals surface area contributed by atoms with E-state index in [1.54, 1.807) is 11.3 Å². The van der Waals surface area contributed by atoms with Gasteiger partial charge in [0, 0.05) is 64.5 Å². The highest BCUT2D eigenvalue weighted by Crippen LogP contribution is 2.43. The standard InChI is InChI=1S/C55H32N4OS/c1-2-13-33(14-3-1)34-25-27-35(28-26-34)53-56-54(42-20-12-24-50-52(42)41-19-8-11-23-49(41)61-50)58-55(57-53)44-31-38(32-48-51(44)40-18-7-10-22-47(40)60-48)59-45-21-9-6-17-39(45)43-29-36-15-4-5-16-37(36)30-46(43)59/h1-32H. The van der Waals surface area contributed by atoms with Crippen molar-refractivity contribution in [3.63, 3.8) is 0 Å². The van der Waals surface area contributed by atoms with Gasteiger partial charge in [-0.05, 0) is 64.4 Å². The number of furan rings is 1. The van der Waals surface area contributed by atoms with Crippen LogP contribution in [-0.2, 0) is 0 Å². The van der Waals surface area contributed by atoms with Crippen molar-refractivity contribution in [2.24, 2.45) is 0 Å². The van der Waals surface area contributed by atoms with Crippen molar-refractivity contribution >= 4 is 86.0 Å². The molecule has 0 aliphatic rings. The van der Waals surface area contributed by atoms with Crippen LogP contribution in [0.15, 0.2) is 199 Å². The van der Waals surface area contributed by atoms with Gasteiger partial charge in [-0.3, -0.25) is 0 Å². The highest BCUT2D eigenvalue weighted by atomic mass is 32.1. The summed E-state index contributed by atoms with van der Waals surface area (Å²) < 4.78 is 11.5. The molecule has 6 heteroatoms. The normalized spacial score (nSPS) is 11.9. The average molecular weight is 797 g/mol. The van der Waals surface area contributed by atoms with E-state index in [-0.39, 0.29) is 0 Å². The van der Waals surface area contributed by atoms with Gasteiger partial charge in [-0.15, -0.1) is 11.3 Å². The van der Waals surface area contributed by atoms with Crippen LogP contribution in [0.3, 0.4) is 0 Å². The molecule has 13 rings (SSSR count). The Balaban J connectivity index is 1.11. The molecule has 4 aromatic heterocycles. The van der Waals surface area contributed by atoms with Crippen LogP contribution < -0.4 is 0 Å². The van der Waals surface area contributed by atoms with E-state index in [0.717, 1.165) is 71.9 Å². The zero-order chi connectivity index (χ0) is 40.0. The second-order valence-electron chi connectivity index (χ2n) is 15.6. The molecule has 284 valence electrons. The van der Waals surface area contributed by atoms with Crippen molar-refractivity contribution in [3.05, 3.63) is 194 Å². The zero-order valence-electron chi connectivity index (χ0n) is 32.6. The molecule has 61 heavy (non-hydrogen) atoms. The van der Waals surface area contributed by atoms with E-state index in [0.29, 0.717) is 17.5 Å². The number of rotatable bonds is 5. The molecule has 4 heterocycles. The van der Waals surface area contributed by atoms with Crippen LogP contribution >= 0.6 is 11.3 Å². The summed E-state index contributed by atoms with van der Waals surface area (Å²) in [7, 11) is 0. The fraction of sp³-hybridized carbons (Fsp3) is 0. The Hall–Kier alpha value is -7.93. The van der Waals surface area contributed by atoms with Crippen LogP contribution in [0, 0.1) is 0 Å². The third-order valence-corrected chi connectivity index (χ3v) is 13.2.